The third-order valence-corrected chi connectivity index (χ3v) is 4.86. The van der Waals surface area contributed by atoms with Crippen molar-refractivity contribution in [2.45, 2.75) is 66.6 Å². The van der Waals surface area contributed by atoms with Gasteiger partial charge in [0.15, 0.2) is 0 Å². The molecule has 1 aromatic heterocycles. The fourth-order valence-corrected chi connectivity index (χ4v) is 3.66. The lowest BCUT2D eigenvalue weighted by Gasteiger charge is -2.44. The Hall–Kier alpha value is -0.910. The van der Waals surface area contributed by atoms with Gasteiger partial charge in [0.2, 0.25) is 0 Å². The number of hydrogen-bond acceptors (Lipinski definition) is 4. The molecule has 0 saturated carbocycles. The number of aromatic nitrogens is 2. The van der Waals surface area contributed by atoms with Crippen LogP contribution in [0.2, 0.25) is 0 Å². The maximum Gasteiger partial charge on any atom is 0.0537 e. The van der Waals surface area contributed by atoms with Gasteiger partial charge < -0.3 is 5.11 Å². The molecule has 138 valence electrons. The van der Waals surface area contributed by atoms with Crippen molar-refractivity contribution < 1.29 is 5.11 Å². The highest BCUT2D eigenvalue weighted by Crippen LogP contribution is 2.22. The van der Waals surface area contributed by atoms with Gasteiger partial charge in [0.1, 0.15) is 0 Å². The summed E-state index contributed by atoms with van der Waals surface area (Å²) in [6.45, 7) is 17.8. The van der Waals surface area contributed by atoms with Crippen LogP contribution in [0.1, 0.15) is 51.8 Å². The third kappa shape index (κ3) is 5.30. The fourth-order valence-electron chi connectivity index (χ4n) is 3.66. The first-order valence-electron chi connectivity index (χ1n) is 9.42. The van der Waals surface area contributed by atoms with Crippen LogP contribution in [-0.4, -0.2) is 63.5 Å². The number of aryl methyl sites for hydroxylation is 1. The van der Waals surface area contributed by atoms with Gasteiger partial charge in [0, 0.05) is 63.2 Å². The maximum absolute atomic E-state index is 9.46. The van der Waals surface area contributed by atoms with E-state index in [2.05, 4.69) is 54.2 Å². The van der Waals surface area contributed by atoms with Crippen LogP contribution >= 0.6 is 0 Å². The Morgan fingerprint density at radius 1 is 1.29 bits per heavy atom. The number of hydrogen-bond donors (Lipinski definition) is 1. The first-order valence-corrected chi connectivity index (χ1v) is 9.42. The summed E-state index contributed by atoms with van der Waals surface area (Å²) in [5.41, 5.74) is 2.94. The summed E-state index contributed by atoms with van der Waals surface area (Å²) >= 11 is 0. The first-order chi connectivity index (χ1) is 11.3. The van der Waals surface area contributed by atoms with Crippen molar-refractivity contribution in [3.8, 4) is 0 Å². The van der Waals surface area contributed by atoms with Crippen molar-refractivity contribution in [2.75, 3.05) is 32.8 Å². The van der Waals surface area contributed by atoms with E-state index in [-0.39, 0.29) is 6.61 Å². The van der Waals surface area contributed by atoms with Crippen LogP contribution < -0.4 is 0 Å². The molecule has 0 aromatic carbocycles. The normalized spacial score (nSPS) is 20.7. The second-order valence-corrected chi connectivity index (χ2v) is 8.41. The lowest BCUT2D eigenvalue weighted by Crippen LogP contribution is -2.54. The molecule has 5 heteroatoms. The van der Waals surface area contributed by atoms with Gasteiger partial charge in [0.05, 0.1) is 6.20 Å². The molecule has 1 aliphatic rings. The van der Waals surface area contributed by atoms with E-state index >= 15 is 0 Å². The molecule has 0 amide bonds. The van der Waals surface area contributed by atoms with Crippen molar-refractivity contribution in [1.29, 1.82) is 0 Å². The quantitative estimate of drug-likeness (QED) is 0.831. The molecule has 24 heavy (non-hydrogen) atoms. The zero-order valence-corrected chi connectivity index (χ0v) is 16.3. The van der Waals surface area contributed by atoms with E-state index in [9.17, 15) is 5.11 Å². The summed E-state index contributed by atoms with van der Waals surface area (Å²) < 4.78 is 2.12. The fraction of sp³-hybridized carbons (Fsp3) is 0.842. The number of nitrogens with zero attached hydrogens (tertiary/aromatic N) is 4. The predicted octanol–water partition coefficient (Wildman–Crippen LogP) is 2.52. The van der Waals surface area contributed by atoms with Gasteiger partial charge in [-0.05, 0) is 25.2 Å². The van der Waals surface area contributed by atoms with Gasteiger partial charge in [-0.3, -0.25) is 14.5 Å². The van der Waals surface area contributed by atoms with Crippen molar-refractivity contribution in [1.82, 2.24) is 19.6 Å². The van der Waals surface area contributed by atoms with Gasteiger partial charge in [-0.2, -0.15) is 5.10 Å². The smallest absolute Gasteiger partial charge is 0.0537 e. The molecule has 0 radical (unpaired) electrons. The molecule has 1 saturated heterocycles. The minimum Gasteiger partial charge on any atom is -0.396 e. The highest BCUT2D eigenvalue weighted by Gasteiger charge is 2.29. The van der Waals surface area contributed by atoms with Crippen molar-refractivity contribution in [2.24, 2.45) is 5.41 Å². The monoisotopic (exact) mass is 336 g/mol. The van der Waals surface area contributed by atoms with E-state index in [1.54, 1.807) is 0 Å². The second-order valence-electron chi connectivity index (χ2n) is 8.41. The summed E-state index contributed by atoms with van der Waals surface area (Å²) in [7, 11) is 0. The second kappa shape index (κ2) is 8.45. The van der Waals surface area contributed by atoms with E-state index in [1.807, 2.05) is 6.20 Å². The molecule has 1 unspecified atom stereocenters. The molecule has 0 spiro atoms. The molecule has 2 heterocycles. The highest BCUT2D eigenvalue weighted by molar-refractivity contribution is 5.16. The number of rotatable bonds is 7. The predicted molar refractivity (Wildman–Crippen MR) is 99.1 cm³/mol. The molecule has 1 atom stereocenters. The molecule has 5 nitrogen and oxygen atoms in total. The molecule has 1 aliphatic heterocycles. The van der Waals surface area contributed by atoms with Crippen LogP contribution in [0.5, 0.6) is 0 Å². The molecule has 1 N–H and O–H groups in total. The van der Waals surface area contributed by atoms with E-state index in [4.69, 9.17) is 0 Å². The summed E-state index contributed by atoms with van der Waals surface area (Å²) in [4.78, 5) is 5.10. The van der Waals surface area contributed by atoms with E-state index < -0.39 is 0 Å². The summed E-state index contributed by atoms with van der Waals surface area (Å²) in [5.74, 6) is 0. The minimum atomic E-state index is 0.270. The highest BCUT2D eigenvalue weighted by atomic mass is 16.3. The molecular formula is C19H36N4O. The Labute approximate surface area is 147 Å². The average Bonchev–Trinajstić information content (AvgIpc) is 2.82. The van der Waals surface area contributed by atoms with Crippen molar-refractivity contribution >= 4 is 0 Å². The lowest BCUT2D eigenvalue weighted by molar-refractivity contribution is 0.0339. The van der Waals surface area contributed by atoms with Crippen LogP contribution in [0, 0.1) is 12.3 Å². The Morgan fingerprint density at radius 3 is 2.67 bits per heavy atom. The van der Waals surface area contributed by atoms with Crippen LogP contribution in [0.25, 0.3) is 0 Å². The van der Waals surface area contributed by atoms with Crippen LogP contribution in [0.3, 0.4) is 0 Å². The Balaban J connectivity index is 1.98. The van der Waals surface area contributed by atoms with Crippen molar-refractivity contribution in [3.63, 3.8) is 0 Å². The molecule has 1 aromatic rings. The van der Waals surface area contributed by atoms with Gasteiger partial charge in [-0.25, -0.2) is 0 Å². The third-order valence-electron chi connectivity index (χ3n) is 4.86. The summed E-state index contributed by atoms with van der Waals surface area (Å²) in [6, 6.07) is 0.453. The molecule has 1 fully saturated rings. The number of aliphatic hydroxyl groups is 1. The van der Waals surface area contributed by atoms with Crippen molar-refractivity contribution in [3.05, 3.63) is 17.5 Å². The minimum absolute atomic E-state index is 0.270. The Bertz CT molecular complexity index is 506. The van der Waals surface area contributed by atoms with Gasteiger partial charge >= 0.3 is 0 Å². The molecule has 0 aliphatic carbocycles. The van der Waals surface area contributed by atoms with Gasteiger partial charge in [0.25, 0.3) is 0 Å². The van der Waals surface area contributed by atoms with E-state index in [0.717, 1.165) is 52.1 Å². The zero-order chi connectivity index (χ0) is 17.7. The largest absolute Gasteiger partial charge is 0.396 e. The molecular weight excluding hydrogens is 300 g/mol. The van der Waals surface area contributed by atoms with E-state index in [0.29, 0.717) is 11.5 Å². The topological polar surface area (TPSA) is 44.5 Å². The molecule has 2 rings (SSSR count). The average molecular weight is 337 g/mol. The van der Waals surface area contributed by atoms with Gasteiger partial charge in [-0.15, -0.1) is 0 Å². The van der Waals surface area contributed by atoms with Gasteiger partial charge in [-0.1, -0.05) is 27.7 Å². The Morgan fingerprint density at radius 2 is 2.04 bits per heavy atom. The van der Waals surface area contributed by atoms with Crippen LogP contribution in [-0.2, 0) is 13.1 Å². The number of aliphatic hydroxyl groups excluding tert-OH is 1. The SMILES string of the molecule is CCCn1ncc(CN2CCN(CC(C)(C)C)C(CCO)C2)c1C. The first kappa shape index (κ1) is 19.4. The number of piperazine rings is 1. The summed E-state index contributed by atoms with van der Waals surface area (Å²) in [6.07, 6.45) is 4.01. The lowest BCUT2D eigenvalue weighted by atomic mass is 9.94. The van der Waals surface area contributed by atoms with Crippen LogP contribution in [0.4, 0.5) is 0 Å². The summed E-state index contributed by atoms with van der Waals surface area (Å²) in [5, 5.41) is 14.0. The zero-order valence-electron chi connectivity index (χ0n) is 16.3. The maximum atomic E-state index is 9.46. The molecule has 0 bridgehead atoms. The standard InChI is InChI=1S/C19H36N4O/c1-6-8-23-16(2)17(12-20-23)13-21-9-10-22(15-19(3,4)5)18(14-21)7-11-24/h12,18,24H,6-11,13-15H2,1-5H3. The Kier molecular flexibility index (Phi) is 6.84. The van der Waals surface area contributed by atoms with Crippen LogP contribution in [0.15, 0.2) is 6.20 Å². The van der Waals surface area contributed by atoms with E-state index in [1.165, 1.54) is 11.3 Å².